The summed E-state index contributed by atoms with van der Waals surface area (Å²) in [5.74, 6) is -1.26. The fourth-order valence-electron chi connectivity index (χ4n) is 2.24. The molecule has 138 valence electrons. The Balaban J connectivity index is 2.30. The molecule has 0 saturated heterocycles. The second-order valence-corrected chi connectivity index (χ2v) is 6.70. The number of hydrogen-bond donors (Lipinski definition) is 1. The molecule has 0 aliphatic carbocycles. The molecule has 2 rings (SSSR count). The molecule has 0 unspecified atom stereocenters. The van der Waals surface area contributed by atoms with Gasteiger partial charge in [-0.25, -0.2) is 5.01 Å². The van der Waals surface area contributed by atoms with Gasteiger partial charge in [-0.2, -0.15) is 13.2 Å². The standard InChI is InChI=1S/C19H19F3N2O2/c1-18(2,3)24(17(26)13-8-5-4-6-9-13)23-16(25)14-10-7-11-15(12-14)19(20,21)22/h4-12H,1-3H3,(H,23,25). The molecule has 0 bridgehead atoms. The average molecular weight is 364 g/mol. The van der Waals surface area contributed by atoms with Gasteiger partial charge in [0.2, 0.25) is 0 Å². The zero-order valence-electron chi connectivity index (χ0n) is 14.6. The van der Waals surface area contributed by atoms with Gasteiger partial charge in [-0.05, 0) is 51.1 Å². The van der Waals surface area contributed by atoms with Crippen molar-refractivity contribution in [3.05, 3.63) is 71.3 Å². The average Bonchev–Trinajstić information content (AvgIpc) is 2.58. The second kappa shape index (κ2) is 7.19. The molecule has 0 fully saturated rings. The van der Waals surface area contributed by atoms with E-state index in [1.807, 2.05) is 0 Å². The van der Waals surface area contributed by atoms with Gasteiger partial charge in [0.1, 0.15) is 0 Å². The van der Waals surface area contributed by atoms with E-state index >= 15 is 0 Å². The van der Waals surface area contributed by atoms with Gasteiger partial charge in [-0.3, -0.25) is 15.0 Å². The monoisotopic (exact) mass is 364 g/mol. The normalized spacial score (nSPS) is 11.8. The van der Waals surface area contributed by atoms with Crippen LogP contribution in [0, 0.1) is 0 Å². The van der Waals surface area contributed by atoms with Gasteiger partial charge in [0.05, 0.1) is 11.1 Å². The zero-order chi connectivity index (χ0) is 19.5. The van der Waals surface area contributed by atoms with E-state index in [4.69, 9.17) is 0 Å². The fourth-order valence-corrected chi connectivity index (χ4v) is 2.24. The topological polar surface area (TPSA) is 49.4 Å². The van der Waals surface area contributed by atoms with Gasteiger partial charge in [0, 0.05) is 11.1 Å². The lowest BCUT2D eigenvalue weighted by Crippen LogP contribution is -2.55. The number of rotatable bonds is 2. The molecule has 2 aromatic rings. The van der Waals surface area contributed by atoms with Crippen molar-refractivity contribution in [3.63, 3.8) is 0 Å². The maximum Gasteiger partial charge on any atom is 0.416 e. The SMILES string of the molecule is CC(C)(C)N(NC(=O)c1cccc(C(F)(F)F)c1)C(=O)c1ccccc1. The molecule has 1 N–H and O–H groups in total. The smallest absolute Gasteiger partial charge is 0.267 e. The number of nitrogens with one attached hydrogen (secondary N) is 1. The molecule has 0 atom stereocenters. The van der Waals surface area contributed by atoms with Crippen molar-refractivity contribution in [2.24, 2.45) is 0 Å². The summed E-state index contributed by atoms with van der Waals surface area (Å²) in [6, 6.07) is 12.4. The quantitative estimate of drug-likeness (QED) is 0.808. The lowest BCUT2D eigenvalue weighted by Gasteiger charge is -2.35. The predicted octanol–water partition coefficient (Wildman–Crippen LogP) is 4.29. The van der Waals surface area contributed by atoms with Crippen molar-refractivity contribution >= 4 is 11.8 Å². The molecule has 2 aromatic carbocycles. The van der Waals surface area contributed by atoms with E-state index in [1.165, 1.54) is 6.07 Å². The first kappa shape index (κ1) is 19.5. The van der Waals surface area contributed by atoms with Crippen molar-refractivity contribution < 1.29 is 22.8 Å². The van der Waals surface area contributed by atoms with Gasteiger partial charge in [0.15, 0.2) is 0 Å². The van der Waals surface area contributed by atoms with Crippen LogP contribution in [0.15, 0.2) is 54.6 Å². The van der Waals surface area contributed by atoms with Crippen LogP contribution in [0.5, 0.6) is 0 Å². The summed E-state index contributed by atoms with van der Waals surface area (Å²) < 4.78 is 38.5. The minimum atomic E-state index is -4.56. The Hall–Kier alpha value is -2.83. The summed E-state index contributed by atoms with van der Waals surface area (Å²) in [6.45, 7) is 5.13. The van der Waals surface area contributed by atoms with Gasteiger partial charge in [-0.15, -0.1) is 0 Å². The highest BCUT2D eigenvalue weighted by molar-refractivity contribution is 5.99. The van der Waals surface area contributed by atoms with Crippen molar-refractivity contribution in [2.75, 3.05) is 0 Å². The highest BCUT2D eigenvalue weighted by Gasteiger charge is 2.32. The predicted molar refractivity (Wildman–Crippen MR) is 91.3 cm³/mol. The van der Waals surface area contributed by atoms with Crippen LogP contribution in [-0.2, 0) is 6.18 Å². The van der Waals surface area contributed by atoms with Crippen LogP contribution in [0.2, 0.25) is 0 Å². The van der Waals surface area contributed by atoms with Crippen LogP contribution in [0.4, 0.5) is 13.2 Å². The van der Waals surface area contributed by atoms with E-state index in [9.17, 15) is 22.8 Å². The molecule has 0 saturated carbocycles. The number of amides is 2. The van der Waals surface area contributed by atoms with Crippen LogP contribution >= 0.6 is 0 Å². The lowest BCUT2D eigenvalue weighted by atomic mass is 10.1. The first-order chi connectivity index (χ1) is 12.0. The largest absolute Gasteiger partial charge is 0.416 e. The van der Waals surface area contributed by atoms with Crippen LogP contribution in [0.25, 0.3) is 0 Å². The van der Waals surface area contributed by atoms with E-state index < -0.39 is 29.1 Å². The summed E-state index contributed by atoms with van der Waals surface area (Å²) in [6.07, 6.45) is -4.56. The number of hydrogen-bond acceptors (Lipinski definition) is 2. The Morgan fingerprint density at radius 3 is 2.00 bits per heavy atom. The molecule has 2 amide bonds. The molecular formula is C19H19F3N2O2. The van der Waals surface area contributed by atoms with E-state index in [2.05, 4.69) is 5.43 Å². The second-order valence-electron chi connectivity index (χ2n) is 6.70. The summed E-state index contributed by atoms with van der Waals surface area (Å²) in [5.41, 5.74) is 0.880. The summed E-state index contributed by atoms with van der Waals surface area (Å²) in [4.78, 5) is 25.2. The van der Waals surface area contributed by atoms with Gasteiger partial charge in [-0.1, -0.05) is 24.3 Å². The molecule has 0 heterocycles. The molecular weight excluding hydrogens is 345 g/mol. The Labute approximate surface area is 149 Å². The van der Waals surface area contributed by atoms with E-state index in [1.54, 1.807) is 51.1 Å². The zero-order valence-corrected chi connectivity index (χ0v) is 14.6. The van der Waals surface area contributed by atoms with E-state index in [0.717, 1.165) is 23.2 Å². The van der Waals surface area contributed by atoms with Crippen LogP contribution in [0.3, 0.4) is 0 Å². The summed E-state index contributed by atoms with van der Waals surface area (Å²) in [5, 5.41) is 1.12. The number of carbonyl (C=O) groups excluding carboxylic acids is 2. The summed E-state index contributed by atoms with van der Waals surface area (Å²) >= 11 is 0. The number of nitrogens with zero attached hydrogens (tertiary/aromatic N) is 1. The Morgan fingerprint density at radius 2 is 1.46 bits per heavy atom. The molecule has 0 radical (unpaired) electrons. The Kier molecular flexibility index (Phi) is 5.39. The highest BCUT2D eigenvalue weighted by atomic mass is 19.4. The maximum atomic E-state index is 12.8. The van der Waals surface area contributed by atoms with Crippen molar-refractivity contribution in [3.8, 4) is 0 Å². The first-order valence-corrected chi connectivity index (χ1v) is 7.88. The third-order valence-electron chi connectivity index (χ3n) is 3.56. The van der Waals surface area contributed by atoms with Gasteiger partial charge >= 0.3 is 6.18 Å². The number of hydrazine groups is 1. The van der Waals surface area contributed by atoms with E-state index in [0.29, 0.717) is 5.56 Å². The number of halogens is 3. The molecule has 0 aliphatic heterocycles. The van der Waals surface area contributed by atoms with Gasteiger partial charge in [0.25, 0.3) is 11.8 Å². The van der Waals surface area contributed by atoms with Crippen molar-refractivity contribution in [1.82, 2.24) is 10.4 Å². The van der Waals surface area contributed by atoms with Crippen LogP contribution < -0.4 is 5.43 Å². The third-order valence-corrected chi connectivity index (χ3v) is 3.56. The third kappa shape index (κ3) is 4.62. The minimum absolute atomic E-state index is 0.185. The number of alkyl halides is 3. The molecule has 0 aliphatic rings. The minimum Gasteiger partial charge on any atom is -0.267 e. The molecule has 7 heteroatoms. The molecule has 4 nitrogen and oxygen atoms in total. The molecule has 0 aromatic heterocycles. The highest BCUT2D eigenvalue weighted by Crippen LogP contribution is 2.29. The van der Waals surface area contributed by atoms with Crippen molar-refractivity contribution in [2.45, 2.75) is 32.5 Å². The molecule has 26 heavy (non-hydrogen) atoms. The van der Waals surface area contributed by atoms with E-state index in [-0.39, 0.29) is 5.56 Å². The number of benzene rings is 2. The van der Waals surface area contributed by atoms with Crippen LogP contribution in [0.1, 0.15) is 47.1 Å². The van der Waals surface area contributed by atoms with Gasteiger partial charge < -0.3 is 0 Å². The first-order valence-electron chi connectivity index (χ1n) is 7.88. The lowest BCUT2D eigenvalue weighted by molar-refractivity contribution is -0.137. The fraction of sp³-hybridized carbons (Fsp3) is 0.263. The molecule has 0 spiro atoms. The Bertz CT molecular complexity index is 796. The van der Waals surface area contributed by atoms with Crippen molar-refractivity contribution in [1.29, 1.82) is 0 Å². The Morgan fingerprint density at radius 1 is 0.885 bits per heavy atom. The summed E-state index contributed by atoms with van der Waals surface area (Å²) in [7, 11) is 0. The maximum absolute atomic E-state index is 12.8. The van der Waals surface area contributed by atoms with Crippen LogP contribution in [-0.4, -0.2) is 22.4 Å². The number of carbonyl (C=O) groups is 2.